The maximum Gasteiger partial charge on any atom is 0.306 e. The minimum atomic E-state index is -1.50. The van der Waals surface area contributed by atoms with Crippen molar-refractivity contribution in [2.75, 3.05) is 13.1 Å². The third-order valence-electron chi connectivity index (χ3n) is 9.43. The van der Waals surface area contributed by atoms with Crippen LogP contribution in [0.5, 0.6) is 0 Å². The number of Topliss-reactive ketones (excluding diaryl/α,β-unsaturated/α-hetero) is 1. The Hall–Kier alpha value is -3.62. The van der Waals surface area contributed by atoms with Gasteiger partial charge in [0.1, 0.15) is 17.6 Å². The molecule has 1 aliphatic rings. The summed E-state index contributed by atoms with van der Waals surface area (Å²) in [5.41, 5.74) is 10.7. The summed E-state index contributed by atoms with van der Waals surface area (Å²) in [7, 11) is 0. The highest BCUT2D eigenvalue weighted by Crippen LogP contribution is 2.22. The van der Waals surface area contributed by atoms with Crippen LogP contribution < -0.4 is 32.7 Å². The van der Waals surface area contributed by atoms with E-state index >= 15 is 0 Å². The van der Waals surface area contributed by atoms with E-state index in [1.165, 1.54) is 0 Å². The van der Waals surface area contributed by atoms with Crippen LogP contribution in [0, 0.1) is 11.8 Å². The summed E-state index contributed by atoms with van der Waals surface area (Å²) >= 11 is 3.42. The van der Waals surface area contributed by atoms with Gasteiger partial charge < -0.3 is 37.8 Å². The Kier molecular flexibility index (Phi) is 20.6. The molecule has 4 amide bonds. The minimum absolute atomic E-state index is 0.0424. The molecule has 9 N–H and O–H groups in total. The van der Waals surface area contributed by atoms with Crippen LogP contribution in [0.15, 0.2) is 40.9 Å². The summed E-state index contributed by atoms with van der Waals surface area (Å²) in [5, 5.41) is 21.3. The summed E-state index contributed by atoms with van der Waals surface area (Å²) in [5.74, 6) is -4.33. The number of unbranched alkanes of at least 4 members (excludes halogenated alkanes) is 2. The van der Waals surface area contributed by atoms with Gasteiger partial charge in [-0.3, -0.25) is 28.8 Å². The fourth-order valence-electron chi connectivity index (χ4n) is 6.32. The van der Waals surface area contributed by atoms with E-state index in [-0.39, 0.29) is 43.9 Å². The second-order valence-electron chi connectivity index (χ2n) is 14.7. The first-order valence-corrected chi connectivity index (χ1v) is 19.8. The van der Waals surface area contributed by atoms with Crippen LogP contribution in [0.25, 0.3) is 0 Å². The van der Waals surface area contributed by atoms with Crippen molar-refractivity contribution in [2.24, 2.45) is 23.3 Å². The number of hydrogen-bond acceptors (Lipinski definition) is 8. The van der Waals surface area contributed by atoms with Crippen molar-refractivity contribution < 1.29 is 33.9 Å². The lowest BCUT2D eigenvalue weighted by atomic mass is 9.88. The van der Waals surface area contributed by atoms with Gasteiger partial charge in [0.15, 0.2) is 5.78 Å². The first-order chi connectivity index (χ1) is 25.2. The van der Waals surface area contributed by atoms with E-state index in [4.69, 9.17) is 11.5 Å². The normalized spacial score (nSPS) is 21.6. The number of carboxylic acid groups (broad SMARTS) is 1. The Morgan fingerprint density at radius 2 is 1.53 bits per heavy atom. The number of carboxylic acids is 1. The van der Waals surface area contributed by atoms with Crippen LogP contribution in [0.4, 0.5) is 0 Å². The molecule has 0 radical (unpaired) electrons. The Labute approximate surface area is 322 Å². The zero-order chi connectivity index (χ0) is 39.4. The number of halogens is 1. The summed E-state index contributed by atoms with van der Waals surface area (Å²) in [6, 6.07) is 4.31. The quantitative estimate of drug-likeness (QED) is 0.0846. The highest BCUT2D eigenvalue weighted by atomic mass is 79.9. The molecule has 0 saturated heterocycles. The molecule has 53 heavy (non-hydrogen) atoms. The summed E-state index contributed by atoms with van der Waals surface area (Å²) in [6.07, 6.45) is 8.84. The number of carbonyl (C=O) groups excluding carboxylic acids is 5. The predicted molar refractivity (Wildman–Crippen MR) is 208 cm³/mol. The second-order valence-corrected chi connectivity index (χ2v) is 15.6. The van der Waals surface area contributed by atoms with Gasteiger partial charge in [0.2, 0.25) is 23.6 Å². The first kappa shape index (κ1) is 45.5. The maximum absolute atomic E-state index is 14.3. The number of nitrogens with one attached hydrogen (secondary N) is 4. The molecular weight excluding hydrogens is 744 g/mol. The van der Waals surface area contributed by atoms with Gasteiger partial charge in [-0.1, -0.05) is 54.1 Å². The molecule has 2 rings (SSSR count). The zero-order valence-electron chi connectivity index (χ0n) is 31.6. The number of rotatable bonds is 18. The fraction of sp³-hybridized carbons (Fsp3) is 0.641. The summed E-state index contributed by atoms with van der Waals surface area (Å²) in [6.45, 7) is 6.20. The third kappa shape index (κ3) is 16.9. The van der Waals surface area contributed by atoms with E-state index in [9.17, 15) is 33.9 Å². The molecule has 0 aliphatic carbocycles. The number of carbonyl (C=O) groups is 6. The molecule has 0 spiro atoms. The number of amides is 4. The van der Waals surface area contributed by atoms with E-state index < -0.39 is 59.1 Å². The molecule has 1 heterocycles. The van der Waals surface area contributed by atoms with Crippen molar-refractivity contribution in [3.8, 4) is 0 Å². The lowest BCUT2D eigenvalue weighted by Crippen LogP contribution is -2.63. The molecule has 0 unspecified atom stereocenters. The standard InChI is InChI=1S/C39H61BrN6O7/c1-26(2)23-28(37(51)52)25-33(47)32(24-27-16-18-29(40)19-17-27)45-38(53)39(3)20-10-6-4-5-7-15-34(48)43-30(13-8-11-21-41)35(49)44-31(36(50)46-39)14-9-12-22-42/h4-5,16-19,26,28,30-32H,6-15,20-25,41-42H2,1-3H3,(H,43,48)(H,44,49)(H,45,53)(H,46,50)(H,51,52)/t28-,30+,31+,32+,39-/m1/s1. The van der Waals surface area contributed by atoms with Crippen LogP contribution in [-0.4, -0.2) is 77.2 Å². The number of nitrogens with two attached hydrogens (primary N) is 2. The number of allylic oxidation sites excluding steroid dienone is 2. The lowest BCUT2D eigenvalue weighted by molar-refractivity contribution is -0.144. The van der Waals surface area contributed by atoms with E-state index in [1.54, 1.807) is 6.92 Å². The SMILES string of the molecule is CC(C)C[C@H](CC(=O)[C@H](Cc1ccc(Br)cc1)NC(=O)[C@@]1(C)CCCC=CCCC(=O)N[C@@H](CCCCN)C(=O)N[C@@H](CCCCN)C(=O)N1)C(=O)O. The Morgan fingerprint density at radius 3 is 2.11 bits per heavy atom. The second kappa shape index (κ2) is 23.9. The van der Waals surface area contributed by atoms with Crippen LogP contribution in [0.1, 0.15) is 110 Å². The molecule has 0 aromatic heterocycles. The predicted octanol–water partition coefficient (Wildman–Crippen LogP) is 3.81. The molecule has 1 aromatic rings. The summed E-state index contributed by atoms with van der Waals surface area (Å²) in [4.78, 5) is 80.7. The van der Waals surface area contributed by atoms with Crippen LogP contribution >= 0.6 is 15.9 Å². The van der Waals surface area contributed by atoms with Gasteiger partial charge in [0.05, 0.1) is 12.0 Å². The van der Waals surface area contributed by atoms with Gasteiger partial charge in [-0.15, -0.1) is 0 Å². The number of aliphatic carboxylic acids is 1. The Morgan fingerprint density at radius 1 is 0.925 bits per heavy atom. The fourth-order valence-corrected chi connectivity index (χ4v) is 6.59. The molecule has 296 valence electrons. The molecule has 0 bridgehead atoms. The molecule has 0 fully saturated rings. The van der Waals surface area contributed by atoms with Crippen molar-refractivity contribution in [3.05, 3.63) is 46.5 Å². The molecule has 13 nitrogen and oxygen atoms in total. The molecular formula is C39H61BrN6O7. The van der Waals surface area contributed by atoms with Gasteiger partial charge in [-0.25, -0.2) is 0 Å². The molecule has 14 heteroatoms. The average molecular weight is 806 g/mol. The van der Waals surface area contributed by atoms with Crippen molar-refractivity contribution >= 4 is 51.3 Å². The Bertz CT molecular complexity index is 1390. The highest BCUT2D eigenvalue weighted by Gasteiger charge is 2.39. The monoisotopic (exact) mass is 804 g/mol. The molecule has 0 saturated carbocycles. The van der Waals surface area contributed by atoms with Gasteiger partial charge >= 0.3 is 5.97 Å². The van der Waals surface area contributed by atoms with Crippen LogP contribution in [-0.2, 0) is 35.2 Å². The smallest absolute Gasteiger partial charge is 0.306 e. The van der Waals surface area contributed by atoms with Gasteiger partial charge in [-0.05, 0) is 121 Å². The van der Waals surface area contributed by atoms with Gasteiger partial charge in [0, 0.05) is 17.3 Å². The Balaban J connectivity index is 2.48. The van der Waals surface area contributed by atoms with Gasteiger partial charge in [-0.2, -0.15) is 0 Å². The number of hydrogen-bond donors (Lipinski definition) is 7. The first-order valence-electron chi connectivity index (χ1n) is 19.0. The van der Waals surface area contributed by atoms with Crippen LogP contribution in [0.3, 0.4) is 0 Å². The average Bonchev–Trinajstić information content (AvgIpc) is 3.10. The highest BCUT2D eigenvalue weighted by molar-refractivity contribution is 9.10. The van der Waals surface area contributed by atoms with Crippen molar-refractivity contribution in [3.63, 3.8) is 0 Å². The minimum Gasteiger partial charge on any atom is -0.481 e. The topological polar surface area (TPSA) is 223 Å². The van der Waals surface area contributed by atoms with Crippen molar-refractivity contribution in [1.29, 1.82) is 0 Å². The molecule has 1 aliphatic heterocycles. The van der Waals surface area contributed by atoms with E-state index in [2.05, 4.69) is 37.2 Å². The lowest BCUT2D eigenvalue weighted by Gasteiger charge is -2.34. The maximum atomic E-state index is 14.3. The molecule has 1 aromatic carbocycles. The van der Waals surface area contributed by atoms with E-state index in [0.717, 1.165) is 10.0 Å². The van der Waals surface area contributed by atoms with E-state index in [0.29, 0.717) is 70.9 Å². The van der Waals surface area contributed by atoms with Crippen molar-refractivity contribution in [1.82, 2.24) is 21.3 Å². The third-order valence-corrected chi connectivity index (χ3v) is 9.96. The van der Waals surface area contributed by atoms with Crippen LogP contribution in [0.2, 0.25) is 0 Å². The van der Waals surface area contributed by atoms with Crippen molar-refractivity contribution in [2.45, 2.75) is 134 Å². The molecule has 5 atom stereocenters. The zero-order valence-corrected chi connectivity index (χ0v) is 33.2. The summed E-state index contributed by atoms with van der Waals surface area (Å²) < 4.78 is 0.837. The van der Waals surface area contributed by atoms with Gasteiger partial charge in [0.25, 0.3) is 0 Å². The van der Waals surface area contributed by atoms with E-state index in [1.807, 2.05) is 50.3 Å². The largest absolute Gasteiger partial charge is 0.481 e. The number of benzene rings is 1. The number of ketones is 1.